The minimum absolute atomic E-state index is 0.303. The highest BCUT2D eigenvalue weighted by molar-refractivity contribution is 6.30. The quantitative estimate of drug-likeness (QED) is 0.657. The third-order valence-corrected chi connectivity index (χ3v) is 2.90. The van der Waals surface area contributed by atoms with E-state index in [1.54, 1.807) is 24.4 Å². The lowest BCUT2D eigenvalue weighted by Crippen LogP contribution is -1.90. The van der Waals surface area contributed by atoms with Crippen molar-refractivity contribution in [3.05, 3.63) is 59.5 Å². The van der Waals surface area contributed by atoms with Crippen molar-refractivity contribution >= 4 is 22.5 Å². The Labute approximate surface area is 108 Å². The fourth-order valence-electron chi connectivity index (χ4n) is 1.73. The number of nitrogens with zero attached hydrogens (tertiary/aromatic N) is 2. The first kappa shape index (κ1) is 11.1. The van der Waals surface area contributed by atoms with E-state index in [1.807, 2.05) is 12.1 Å². The van der Waals surface area contributed by atoms with Gasteiger partial charge in [0.25, 0.3) is 0 Å². The Bertz CT molecular complexity index is 711. The predicted octanol–water partition coefficient (Wildman–Crippen LogP) is 4.09. The number of hydrogen-bond donors (Lipinski definition) is 0. The highest BCUT2D eigenvalue weighted by Gasteiger charge is 2.04. The van der Waals surface area contributed by atoms with Crippen LogP contribution in [0.3, 0.4) is 0 Å². The van der Waals surface area contributed by atoms with Gasteiger partial charge in [0.15, 0.2) is 5.82 Å². The number of rotatable bonds is 1. The smallest absolute Gasteiger partial charge is 0.159 e. The van der Waals surface area contributed by atoms with Crippen LogP contribution in [0.25, 0.3) is 22.3 Å². The zero-order valence-corrected chi connectivity index (χ0v) is 10.0. The second-order valence-corrected chi connectivity index (χ2v) is 4.34. The molecule has 0 amide bonds. The topological polar surface area (TPSA) is 25.8 Å². The molecule has 0 radical (unpaired) electrons. The van der Waals surface area contributed by atoms with Gasteiger partial charge in [0.05, 0.1) is 5.52 Å². The summed E-state index contributed by atoms with van der Waals surface area (Å²) < 4.78 is 13.1. The predicted molar refractivity (Wildman–Crippen MR) is 69.9 cm³/mol. The van der Waals surface area contributed by atoms with Crippen molar-refractivity contribution < 1.29 is 4.39 Å². The molecular weight excluding hydrogens is 251 g/mol. The lowest BCUT2D eigenvalue weighted by atomic mass is 10.2. The summed E-state index contributed by atoms with van der Waals surface area (Å²) >= 11 is 5.82. The maximum atomic E-state index is 13.1. The zero-order chi connectivity index (χ0) is 12.5. The maximum Gasteiger partial charge on any atom is 0.159 e. The molecule has 4 heteroatoms. The SMILES string of the molecule is Fc1ccc2cnc(-c3ccc(Cl)cc3)nc2c1. The first-order chi connectivity index (χ1) is 8.72. The van der Waals surface area contributed by atoms with Crippen molar-refractivity contribution in [1.82, 2.24) is 9.97 Å². The number of benzene rings is 2. The van der Waals surface area contributed by atoms with Crippen LogP contribution in [0.4, 0.5) is 4.39 Å². The number of halogens is 2. The van der Waals surface area contributed by atoms with Crippen LogP contribution >= 0.6 is 11.6 Å². The zero-order valence-electron chi connectivity index (χ0n) is 9.27. The molecule has 1 heterocycles. The van der Waals surface area contributed by atoms with Crippen LogP contribution < -0.4 is 0 Å². The van der Waals surface area contributed by atoms with Crippen LogP contribution in [0.5, 0.6) is 0 Å². The fraction of sp³-hybridized carbons (Fsp3) is 0. The molecule has 0 N–H and O–H groups in total. The van der Waals surface area contributed by atoms with Gasteiger partial charge in [0.1, 0.15) is 5.82 Å². The summed E-state index contributed by atoms with van der Waals surface area (Å²) in [6, 6.07) is 11.7. The average Bonchev–Trinajstić information content (AvgIpc) is 2.38. The normalized spacial score (nSPS) is 10.8. The molecule has 3 rings (SSSR count). The standard InChI is InChI=1S/C14H8ClFN2/c15-11-4-1-9(2-5-11)14-17-8-10-3-6-12(16)7-13(10)18-14/h1-8H. The van der Waals surface area contributed by atoms with Crippen molar-refractivity contribution in [2.45, 2.75) is 0 Å². The van der Waals surface area contributed by atoms with Crippen LogP contribution in [0, 0.1) is 5.82 Å². The summed E-state index contributed by atoms with van der Waals surface area (Å²) in [6.45, 7) is 0. The molecule has 3 aromatic rings. The summed E-state index contributed by atoms with van der Waals surface area (Å²) in [4.78, 5) is 8.60. The Morgan fingerprint density at radius 2 is 1.78 bits per heavy atom. The van der Waals surface area contributed by atoms with Crippen molar-refractivity contribution in [2.24, 2.45) is 0 Å². The Morgan fingerprint density at radius 3 is 2.56 bits per heavy atom. The largest absolute Gasteiger partial charge is 0.236 e. The monoisotopic (exact) mass is 258 g/mol. The van der Waals surface area contributed by atoms with E-state index < -0.39 is 0 Å². The van der Waals surface area contributed by atoms with E-state index >= 15 is 0 Å². The fourth-order valence-corrected chi connectivity index (χ4v) is 1.86. The molecule has 0 unspecified atom stereocenters. The molecule has 88 valence electrons. The van der Waals surface area contributed by atoms with Gasteiger partial charge in [-0.05, 0) is 36.4 Å². The minimum atomic E-state index is -0.303. The molecule has 0 saturated heterocycles. The van der Waals surface area contributed by atoms with Gasteiger partial charge in [-0.15, -0.1) is 0 Å². The van der Waals surface area contributed by atoms with E-state index in [1.165, 1.54) is 12.1 Å². The van der Waals surface area contributed by atoms with Gasteiger partial charge in [0, 0.05) is 28.2 Å². The molecule has 0 aliphatic rings. The molecule has 0 aliphatic heterocycles. The highest BCUT2D eigenvalue weighted by atomic mass is 35.5. The molecule has 18 heavy (non-hydrogen) atoms. The van der Waals surface area contributed by atoms with Gasteiger partial charge in [-0.2, -0.15) is 0 Å². The lowest BCUT2D eigenvalue weighted by molar-refractivity contribution is 0.629. The van der Waals surface area contributed by atoms with Gasteiger partial charge in [-0.1, -0.05) is 11.6 Å². The van der Waals surface area contributed by atoms with Crippen LogP contribution in [-0.2, 0) is 0 Å². The van der Waals surface area contributed by atoms with E-state index in [-0.39, 0.29) is 5.82 Å². The molecule has 0 fully saturated rings. The van der Waals surface area contributed by atoms with Crippen molar-refractivity contribution in [3.8, 4) is 11.4 Å². The molecule has 2 aromatic carbocycles. The Morgan fingerprint density at radius 1 is 1.00 bits per heavy atom. The van der Waals surface area contributed by atoms with E-state index in [4.69, 9.17) is 11.6 Å². The summed E-state index contributed by atoms with van der Waals surface area (Å²) in [5.41, 5.74) is 1.44. The van der Waals surface area contributed by atoms with E-state index in [9.17, 15) is 4.39 Å². The van der Waals surface area contributed by atoms with E-state index in [2.05, 4.69) is 9.97 Å². The lowest BCUT2D eigenvalue weighted by Gasteiger charge is -2.02. The maximum absolute atomic E-state index is 13.1. The first-order valence-corrected chi connectivity index (χ1v) is 5.78. The number of hydrogen-bond acceptors (Lipinski definition) is 2. The van der Waals surface area contributed by atoms with Crippen LogP contribution in [0.15, 0.2) is 48.7 Å². The molecule has 0 saturated carbocycles. The second-order valence-electron chi connectivity index (χ2n) is 3.90. The average molecular weight is 259 g/mol. The van der Waals surface area contributed by atoms with Gasteiger partial charge in [-0.3, -0.25) is 0 Å². The van der Waals surface area contributed by atoms with Crippen LogP contribution in [0.1, 0.15) is 0 Å². The first-order valence-electron chi connectivity index (χ1n) is 5.41. The van der Waals surface area contributed by atoms with E-state index in [0.29, 0.717) is 16.4 Å². The summed E-state index contributed by atoms with van der Waals surface area (Å²) in [5.74, 6) is 0.257. The molecule has 0 aliphatic carbocycles. The van der Waals surface area contributed by atoms with Gasteiger partial charge < -0.3 is 0 Å². The Kier molecular flexibility index (Phi) is 2.68. The molecule has 2 nitrogen and oxygen atoms in total. The van der Waals surface area contributed by atoms with Gasteiger partial charge >= 0.3 is 0 Å². The third kappa shape index (κ3) is 2.05. The number of fused-ring (bicyclic) bond motifs is 1. The van der Waals surface area contributed by atoms with Crippen LogP contribution in [0.2, 0.25) is 5.02 Å². The molecular formula is C14H8ClFN2. The highest BCUT2D eigenvalue weighted by Crippen LogP contribution is 2.20. The third-order valence-electron chi connectivity index (χ3n) is 2.65. The van der Waals surface area contributed by atoms with Gasteiger partial charge in [0.2, 0.25) is 0 Å². The summed E-state index contributed by atoms with van der Waals surface area (Å²) in [5, 5.41) is 1.47. The number of aromatic nitrogens is 2. The van der Waals surface area contributed by atoms with Crippen molar-refractivity contribution in [3.63, 3.8) is 0 Å². The van der Waals surface area contributed by atoms with Crippen molar-refractivity contribution in [1.29, 1.82) is 0 Å². The Balaban J connectivity index is 2.15. The molecule has 1 aromatic heterocycles. The van der Waals surface area contributed by atoms with Gasteiger partial charge in [-0.25, -0.2) is 14.4 Å². The second kappa shape index (κ2) is 4.35. The molecule has 0 spiro atoms. The summed E-state index contributed by atoms with van der Waals surface area (Å²) in [6.07, 6.45) is 1.69. The van der Waals surface area contributed by atoms with E-state index in [0.717, 1.165) is 10.9 Å². The molecule has 0 bridgehead atoms. The molecule has 0 atom stereocenters. The summed E-state index contributed by atoms with van der Waals surface area (Å²) in [7, 11) is 0. The minimum Gasteiger partial charge on any atom is -0.236 e. The Hall–Kier alpha value is -2.00. The van der Waals surface area contributed by atoms with Crippen molar-refractivity contribution in [2.75, 3.05) is 0 Å². The van der Waals surface area contributed by atoms with Crippen LogP contribution in [-0.4, -0.2) is 9.97 Å².